The van der Waals surface area contributed by atoms with Gasteiger partial charge in [-0.2, -0.15) is 0 Å². The van der Waals surface area contributed by atoms with Gasteiger partial charge in [-0.25, -0.2) is 0 Å². The summed E-state index contributed by atoms with van der Waals surface area (Å²) in [6.45, 7) is -0.769. The smallest absolute Gasteiger partial charge is 0.325 e. The van der Waals surface area contributed by atoms with Crippen molar-refractivity contribution in [1.82, 2.24) is 5.32 Å². The van der Waals surface area contributed by atoms with Crippen LogP contribution in [0.1, 0.15) is 5.56 Å². The Morgan fingerprint density at radius 2 is 1.70 bits per heavy atom. The van der Waals surface area contributed by atoms with Crippen molar-refractivity contribution in [2.24, 2.45) is 0 Å². The van der Waals surface area contributed by atoms with E-state index in [2.05, 4.69) is 10.6 Å². The minimum absolute atomic E-state index is 0.326. The van der Waals surface area contributed by atoms with Crippen molar-refractivity contribution in [1.29, 1.82) is 0 Å². The zero-order valence-corrected chi connectivity index (χ0v) is 14.8. The third kappa shape index (κ3) is 7.43. The number of hydrogen-bond donors (Lipinski definition) is 2. The molecule has 0 unspecified atom stereocenters. The lowest BCUT2D eigenvalue weighted by atomic mass is 10.2. The summed E-state index contributed by atoms with van der Waals surface area (Å²) in [4.78, 5) is 35.0. The van der Waals surface area contributed by atoms with Gasteiger partial charge in [-0.3, -0.25) is 14.4 Å². The van der Waals surface area contributed by atoms with E-state index in [0.29, 0.717) is 11.4 Å². The van der Waals surface area contributed by atoms with Crippen molar-refractivity contribution in [3.05, 3.63) is 66.2 Å². The molecule has 0 bridgehead atoms. The van der Waals surface area contributed by atoms with E-state index in [1.807, 2.05) is 30.3 Å². The van der Waals surface area contributed by atoms with Crippen LogP contribution in [-0.2, 0) is 19.1 Å². The van der Waals surface area contributed by atoms with Crippen molar-refractivity contribution in [3.63, 3.8) is 0 Å². The van der Waals surface area contributed by atoms with Gasteiger partial charge < -0.3 is 20.1 Å². The zero-order chi connectivity index (χ0) is 19.5. The van der Waals surface area contributed by atoms with Crippen LogP contribution in [-0.4, -0.2) is 38.0 Å². The molecule has 2 rings (SSSR count). The molecule has 0 aliphatic heterocycles. The Balaban J connectivity index is 1.66. The Labute approximate surface area is 157 Å². The second-order valence-corrected chi connectivity index (χ2v) is 5.40. The first kappa shape index (κ1) is 19.7. The molecule has 0 atom stereocenters. The van der Waals surface area contributed by atoms with Crippen molar-refractivity contribution in [3.8, 4) is 5.75 Å². The summed E-state index contributed by atoms with van der Waals surface area (Å²) in [6, 6.07) is 16.0. The summed E-state index contributed by atoms with van der Waals surface area (Å²) in [7, 11) is 1.54. The quantitative estimate of drug-likeness (QED) is 0.549. The topological polar surface area (TPSA) is 93.7 Å². The first-order valence-corrected chi connectivity index (χ1v) is 8.17. The molecule has 2 aromatic rings. The molecule has 0 aliphatic rings. The molecule has 140 valence electrons. The lowest BCUT2D eigenvalue weighted by Crippen LogP contribution is -2.31. The van der Waals surface area contributed by atoms with Crippen LogP contribution < -0.4 is 15.4 Å². The fraction of sp³-hybridized carbons (Fsp3) is 0.150. The summed E-state index contributed by atoms with van der Waals surface area (Å²) in [6.07, 6.45) is 2.95. The number of rotatable bonds is 8. The summed E-state index contributed by atoms with van der Waals surface area (Å²) in [5.41, 5.74) is 1.42. The van der Waals surface area contributed by atoms with Gasteiger partial charge in [-0.15, -0.1) is 0 Å². The minimum Gasteiger partial charge on any atom is -0.497 e. The third-order valence-corrected chi connectivity index (χ3v) is 3.37. The van der Waals surface area contributed by atoms with Crippen LogP contribution in [0.25, 0.3) is 6.08 Å². The summed E-state index contributed by atoms with van der Waals surface area (Å²) >= 11 is 0. The van der Waals surface area contributed by atoms with E-state index in [9.17, 15) is 14.4 Å². The largest absolute Gasteiger partial charge is 0.497 e. The second-order valence-electron chi connectivity index (χ2n) is 5.40. The molecule has 2 N–H and O–H groups in total. The highest BCUT2D eigenvalue weighted by atomic mass is 16.5. The molecule has 0 saturated heterocycles. The van der Waals surface area contributed by atoms with Crippen LogP contribution in [0.5, 0.6) is 5.75 Å². The van der Waals surface area contributed by atoms with E-state index in [4.69, 9.17) is 9.47 Å². The molecule has 7 heteroatoms. The SMILES string of the molecule is COc1ccc(NC(=O)COC(=O)CNC(=O)/C=C/c2ccccc2)cc1. The molecule has 0 radical (unpaired) electrons. The molecule has 27 heavy (non-hydrogen) atoms. The molecule has 0 heterocycles. The van der Waals surface area contributed by atoms with Gasteiger partial charge in [0.2, 0.25) is 5.91 Å². The number of ether oxygens (including phenoxy) is 2. The number of carbonyl (C=O) groups excluding carboxylic acids is 3. The fourth-order valence-corrected chi connectivity index (χ4v) is 2.02. The van der Waals surface area contributed by atoms with Crippen molar-refractivity contribution in [2.45, 2.75) is 0 Å². The lowest BCUT2D eigenvalue weighted by Gasteiger charge is -2.07. The lowest BCUT2D eigenvalue weighted by molar-refractivity contribution is -0.146. The summed E-state index contributed by atoms with van der Waals surface area (Å²) in [5, 5.41) is 4.97. The Hall–Kier alpha value is -3.61. The van der Waals surface area contributed by atoms with Gasteiger partial charge in [0.1, 0.15) is 12.3 Å². The van der Waals surface area contributed by atoms with Crippen LogP contribution in [0.3, 0.4) is 0 Å². The van der Waals surface area contributed by atoms with Gasteiger partial charge >= 0.3 is 5.97 Å². The average molecular weight is 368 g/mol. The normalized spacial score (nSPS) is 10.3. The maximum Gasteiger partial charge on any atom is 0.325 e. The van der Waals surface area contributed by atoms with E-state index >= 15 is 0 Å². The predicted octanol–water partition coefficient (Wildman–Crippen LogP) is 2.01. The highest BCUT2D eigenvalue weighted by Gasteiger charge is 2.09. The van der Waals surface area contributed by atoms with Crippen LogP contribution in [0, 0.1) is 0 Å². The van der Waals surface area contributed by atoms with Gasteiger partial charge in [-0.1, -0.05) is 30.3 Å². The number of anilines is 1. The van der Waals surface area contributed by atoms with Crippen molar-refractivity contribution >= 4 is 29.5 Å². The van der Waals surface area contributed by atoms with Gasteiger partial charge in [0.05, 0.1) is 7.11 Å². The van der Waals surface area contributed by atoms with E-state index in [1.54, 1.807) is 37.5 Å². The first-order chi connectivity index (χ1) is 13.1. The fourth-order valence-electron chi connectivity index (χ4n) is 2.02. The standard InChI is InChI=1S/C20H20N2O5/c1-26-17-10-8-16(9-11-17)22-19(24)14-27-20(25)13-21-18(23)12-7-15-5-3-2-4-6-15/h2-12H,13-14H2,1H3,(H,21,23)(H,22,24)/b12-7+. The van der Waals surface area contributed by atoms with Crippen LogP contribution in [0.4, 0.5) is 5.69 Å². The van der Waals surface area contributed by atoms with Gasteiger partial charge in [0, 0.05) is 11.8 Å². The van der Waals surface area contributed by atoms with Crippen molar-refractivity contribution < 1.29 is 23.9 Å². The minimum atomic E-state index is -0.707. The van der Waals surface area contributed by atoms with Crippen LogP contribution >= 0.6 is 0 Å². The zero-order valence-electron chi connectivity index (χ0n) is 14.8. The van der Waals surface area contributed by atoms with E-state index < -0.39 is 24.4 Å². The van der Waals surface area contributed by atoms with E-state index in [-0.39, 0.29) is 6.54 Å². The first-order valence-electron chi connectivity index (χ1n) is 8.17. The molecule has 2 amide bonds. The van der Waals surface area contributed by atoms with E-state index in [1.165, 1.54) is 6.08 Å². The molecular formula is C20H20N2O5. The second kappa shape index (κ2) is 10.4. The molecule has 0 spiro atoms. The number of carbonyl (C=O) groups is 3. The highest BCUT2D eigenvalue weighted by Crippen LogP contribution is 2.14. The molecule has 0 saturated carbocycles. The molecule has 0 fully saturated rings. The number of hydrogen-bond acceptors (Lipinski definition) is 5. The number of amides is 2. The molecule has 0 aromatic heterocycles. The molecule has 0 aliphatic carbocycles. The Bertz CT molecular complexity index is 801. The summed E-state index contributed by atoms with van der Waals surface area (Å²) in [5.74, 6) is -0.958. The third-order valence-electron chi connectivity index (χ3n) is 3.37. The molecule has 7 nitrogen and oxygen atoms in total. The van der Waals surface area contributed by atoms with Gasteiger partial charge in [-0.05, 0) is 35.9 Å². The number of benzene rings is 2. The Morgan fingerprint density at radius 1 is 1.00 bits per heavy atom. The Morgan fingerprint density at radius 3 is 2.37 bits per heavy atom. The average Bonchev–Trinajstić information content (AvgIpc) is 2.70. The number of esters is 1. The van der Waals surface area contributed by atoms with Gasteiger partial charge in [0.15, 0.2) is 6.61 Å². The Kier molecular flexibility index (Phi) is 7.59. The highest BCUT2D eigenvalue weighted by molar-refractivity contribution is 5.95. The summed E-state index contributed by atoms with van der Waals surface area (Å²) < 4.78 is 9.84. The van der Waals surface area contributed by atoms with Gasteiger partial charge in [0.25, 0.3) is 5.91 Å². The monoisotopic (exact) mass is 368 g/mol. The van der Waals surface area contributed by atoms with Crippen LogP contribution in [0.2, 0.25) is 0 Å². The maximum atomic E-state index is 11.8. The number of methoxy groups -OCH3 is 1. The maximum absolute atomic E-state index is 11.8. The van der Waals surface area contributed by atoms with Crippen LogP contribution in [0.15, 0.2) is 60.7 Å². The van der Waals surface area contributed by atoms with Crippen molar-refractivity contribution in [2.75, 3.05) is 25.6 Å². The number of nitrogens with one attached hydrogen (secondary N) is 2. The molecule has 2 aromatic carbocycles. The predicted molar refractivity (Wildman–Crippen MR) is 101 cm³/mol. The van der Waals surface area contributed by atoms with E-state index in [0.717, 1.165) is 5.56 Å². The molecular weight excluding hydrogens is 348 g/mol.